The highest BCUT2D eigenvalue weighted by Crippen LogP contribution is 2.31. The monoisotopic (exact) mass is 477 g/mol. The second kappa shape index (κ2) is 10.3. The van der Waals surface area contributed by atoms with Crippen molar-refractivity contribution in [2.24, 2.45) is 0 Å². The molecule has 0 unspecified atom stereocenters. The minimum Gasteiger partial charge on any atom is -0.497 e. The molecule has 0 radical (unpaired) electrons. The van der Waals surface area contributed by atoms with Crippen LogP contribution in [-0.4, -0.2) is 35.1 Å². The molecule has 4 rings (SSSR count). The maximum absolute atomic E-state index is 13.2. The summed E-state index contributed by atoms with van der Waals surface area (Å²) in [6.07, 6.45) is 2.12. The van der Waals surface area contributed by atoms with Gasteiger partial charge in [0.05, 0.1) is 31.0 Å². The molecule has 2 aromatic heterocycles. The molecule has 0 aliphatic carbocycles. The summed E-state index contributed by atoms with van der Waals surface area (Å²) in [4.78, 5) is 42.6. The number of thiophene rings is 1. The third kappa shape index (κ3) is 4.99. The van der Waals surface area contributed by atoms with E-state index in [-0.39, 0.29) is 18.0 Å². The van der Waals surface area contributed by atoms with Crippen LogP contribution in [0, 0.1) is 0 Å². The normalized spacial score (nSPS) is 10.8. The Labute approximate surface area is 199 Å². The molecule has 0 atom stereocenters. The number of ether oxygens (including phenoxy) is 2. The molecule has 4 aromatic rings. The van der Waals surface area contributed by atoms with Gasteiger partial charge in [0.1, 0.15) is 17.1 Å². The van der Waals surface area contributed by atoms with Crippen molar-refractivity contribution in [3.8, 4) is 16.9 Å². The number of hydrogen-bond acceptors (Lipinski definition) is 7. The van der Waals surface area contributed by atoms with Gasteiger partial charge in [0.15, 0.2) is 0 Å². The number of rotatable bonds is 8. The lowest BCUT2D eigenvalue weighted by Gasteiger charge is -2.09. The third-order valence-electron chi connectivity index (χ3n) is 5.12. The molecule has 0 saturated heterocycles. The summed E-state index contributed by atoms with van der Waals surface area (Å²) in [6, 6.07) is 13.8. The van der Waals surface area contributed by atoms with Crippen molar-refractivity contribution in [1.82, 2.24) is 9.55 Å². The number of fused-ring (bicyclic) bond motifs is 1. The van der Waals surface area contributed by atoms with Crippen molar-refractivity contribution >= 4 is 39.1 Å². The van der Waals surface area contributed by atoms with E-state index in [1.807, 2.05) is 36.6 Å². The molecule has 0 fully saturated rings. The van der Waals surface area contributed by atoms with Crippen molar-refractivity contribution in [2.45, 2.75) is 19.9 Å². The van der Waals surface area contributed by atoms with E-state index in [0.717, 1.165) is 23.3 Å². The average molecular weight is 478 g/mol. The number of esters is 1. The van der Waals surface area contributed by atoms with E-state index >= 15 is 0 Å². The molecule has 0 aliphatic heterocycles. The van der Waals surface area contributed by atoms with Gasteiger partial charge >= 0.3 is 5.97 Å². The van der Waals surface area contributed by atoms with Crippen LogP contribution in [0.25, 0.3) is 21.3 Å². The van der Waals surface area contributed by atoms with Crippen molar-refractivity contribution < 1.29 is 19.1 Å². The quantitative estimate of drug-likeness (QED) is 0.379. The molecule has 2 heterocycles. The van der Waals surface area contributed by atoms with Crippen LogP contribution < -0.4 is 15.6 Å². The Kier molecular flexibility index (Phi) is 7.03. The number of hydrogen-bond donors (Lipinski definition) is 1. The zero-order chi connectivity index (χ0) is 24.1. The van der Waals surface area contributed by atoms with Gasteiger partial charge in [-0.3, -0.25) is 14.2 Å². The van der Waals surface area contributed by atoms with E-state index in [0.29, 0.717) is 28.1 Å². The molecule has 8 nitrogen and oxygen atoms in total. The number of carbonyl (C=O) groups is 2. The minimum atomic E-state index is -0.408. The van der Waals surface area contributed by atoms with E-state index in [1.54, 1.807) is 31.4 Å². The second-order valence-corrected chi connectivity index (χ2v) is 8.36. The molecule has 2 aromatic carbocycles. The average Bonchev–Trinajstić information content (AvgIpc) is 3.29. The number of nitrogens with one attached hydrogen (secondary N) is 1. The number of benzene rings is 2. The van der Waals surface area contributed by atoms with Gasteiger partial charge < -0.3 is 14.8 Å². The van der Waals surface area contributed by atoms with Gasteiger partial charge in [0, 0.05) is 16.6 Å². The standard InChI is InChI=1S/C25H23N3O5S/c1-3-12-33-25(31)17-4-8-18(9-5-17)27-21(29)13-28-15-26-23-22(24(28)30)20(14-34-23)16-6-10-19(32-2)11-7-16/h4-11,14-15H,3,12-13H2,1-2H3,(H,27,29). The maximum atomic E-state index is 13.2. The SMILES string of the molecule is CCCOC(=O)c1ccc(NC(=O)Cn2cnc3scc(-c4ccc(OC)cc4)c3c2=O)cc1. The van der Waals surface area contributed by atoms with E-state index in [1.165, 1.54) is 22.2 Å². The van der Waals surface area contributed by atoms with E-state index in [9.17, 15) is 14.4 Å². The summed E-state index contributed by atoms with van der Waals surface area (Å²) in [5, 5.41) is 5.10. The van der Waals surface area contributed by atoms with Gasteiger partial charge in [-0.2, -0.15) is 0 Å². The lowest BCUT2D eigenvalue weighted by molar-refractivity contribution is -0.116. The Balaban J connectivity index is 1.51. The predicted octanol–water partition coefficient (Wildman–Crippen LogP) is 4.34. The van der Waals surface area contributed by atoms with E-state index < -0.39 is 5.97 Å². The van der Waals surface area contributed by atoms with Crippen molar-refractivity contribution in [3.63, 3.8) is 0 Å². The zero-order valence-corrected chi connectivity index (χ0v) is 19.6. The fraction of sp³-hybridized carbons (Fsp3) is 0.200. The topological polar surface area (TPSA) is 99.5 Å². The minimum absolute atomic E-state index is 0.194. The summed E-state index contributed by atoms with van der Waals surface area (Å²) in [6.45, 7) is 2.08. The van der Waals surface area contributed by atoms with Crippen LogP contribution in [0.4, 0.5) is 5.69 Å². The molecule has 1 N–H and O–H groups in total. The molecule has 0 aliphatic rings. The van der Waals surface area contributed by atoms with Crippen LogP contribution in [0.1, 0.15) is 23.7 Å². The maximum Gasteiger partial charge on any atom is 0.338 e. The predicted molar refractivity (Wildman–Crippen MR) is 132 cm³/mol. The van der Waals surface area contributed by atoms with Crippen LogP contribution in [0.5, 0.6) is 5.75 Å². The third-order valence-corrected chi connectivity index (χ3v) is 6.00. The van der Waals surface area contributed by atoms with Gasteiger partial charge in [-0.05, 0) is 48.4 Å². The summed E-state index contributed by atoms with van der Waals surface area (Å²) in [5.74, 6) is -0.0683. The van der Waals surface area contributed by atoms with Crippen molar-refractivity contribution in [1.29, 1.82) is 0 Å². The summed E-state index contributed by atoms with van der Waals surface area (Å²) in [7, 11) is 1.60. The summed E-state index contributed by atoms with van der Waals surface area (Å²) in [5.41, 5.74) is 2.25. The van der Waals surface area contributed by atoms with Gasteiger partial charge in [-0.15, -0.1) is 11.3 Å². The Morgan fingerprint density at radius 1 is 1.09 bits per heavy atom. The largest absolute Gasteiger partial charge is 0.497 e. The highest BCUT2D eigenvalue weighted by molar-refractivity contribution is 7.17. The van der Waals surface area contributed by atoms with Gasteiger partial charge in [0.2, 0.25) is 5.91 Å². The molecule has 0 spiro atoms. The second-order valence-electron chi connectivity index (χ2n) is 7.50. The number of anilines is 1. The van der Waals surface area contributed by atoms with E-state index in [4.69, 9.17) is 9.47 Å². The van der Waals surface area contributed by atoms with Crippen LogP contribution in [0.3, 0.4) is 0 Å². The summed E-state index contributed by atoms with van der Waals surface area (Å²) < 4.78 is 11.6. The Morgan fingerprint density at radius 2 is 1.82 bits per heavy atom. The van der Waals surface area contributed by atoms with Crippen molar-refractivity contribution in [2.75, 3.05) is 19.0 Å². The number of aromatic nitrogens is 2. The first-order valence-corrected chi connectivity index (χ1v) is 11.6. The first-order valence-electron chi connectivity index (χ1n) is 10.7. The smallest absolute Gasteiger partial charge is 0.338 e. The molecular formula is C25H23N3O5S. The highest BCUT2D eigenvalue weighted by Gasteiger charge is 2.15. The Morgan fingerprint density at radius 3 is 2.50 bits per heavy atom. The molecule has 34 heavy (non-hydrogen) atoms. The van der Waals surface area contributed by atoms with Crippen LogP contribution in [0.2, 0.25) is 0 Å². The molecule has 0 saturated carbocycles. The number of carbonyl (C=O) groups excluding carboxylic acids is 2. The van der Waals surface area contributed by atoms with E-state index in [2.05, 4.69) is 10.3 Å². The Hall–Kier alpha value is -3.98. The Bertz CT molecular complexity index is 1370. The van der Waals surface area contributed by atoms with Gasteiger partial charge in [-0.25, -0.2) is 9.78 Å². The first-order chi connectivity index (χ1) is 16.5. The molecular weight excluding hydrogens is 454 g/mol. The molecule has 9 heteroatoms. The van der Waals surface area contributed by atoms with Gasteiger partial charge in [0.25, 0.3) is 5.56 Å². The molecule has 0 bridgehead atoms. The summed E-state index contributed by atoms with van der Waals surface area (Å²) >= 11 is 1.38. The first kappa shape index (κ1) is 23.2. The number of amides is 1. The van der Waals surface area contributed by atoms with Crippen LogP contribution >= 0.6 is 11.3 Å². The number of nitrogens with zero attached hydrogens (tertiary/aromatic N) is 2. The lowest BCUT2D eigenvalue weighted by Crippen LogP contribution is -2.27. The fourth-order valence-electron chi connectivity index (χ4n) is 3.39. The van der Waals surface area contributed by atoms with Crippen molar-refractivity contribution in [3.05, 3.63) is 76.2 Å². The van der Waals surface area contributed by atoms with Gasteiger partial charge in [-0.1, -0.05) is 19.1 Å². The highest BCUT2D eigenvalue weighted by atomic mass is 32.1. The fourth-order valence-corrected chi connectivity index (χ4v) is 4.29. The zero-order valence-electron chi connectivity index (χ0n) is 18.7. The van der Waals surface area contributed by atoms with Crippen LogP contribution in [0.15, 0.2) is 65.0 Å². The molecule has 1 amide bonds. The lowest BCUT2D eigenvalue weighted by atomic mass is 10.1. The van der Waals surface area contributed by atoms with Crippen LogP contribution in [-0.2, 0) is 16.1 Å². The molecule has 174 valence electrons. The number of methoxy groups -OCH3 is 1.